The third-order valence-electron chi connectivity index (χ3n) is 3.93. The average Bonchev–Trinajstić information content (AvgIpc) is 3.08. The number of fused-ring (bicyclic) bond motifs is 4. The zero-order valence-electron chi connectivity index (χ0n) is 10.8. The van der Waals surface area contributed by atoms with E-state index in [-0.39, 0.29) is 0 Å². The van der Waals surface area contributed by atoms with Crippen LogP contribution in [0, 0.1) is 0 Å². The number of hydrogen-bond acceptors (Lipinski definition) is 3. The van der Waals surface area contributed by atoms with Crippen LogP contribution in [0.4, 0.5) is 5.69 Å². The van der Waals surface area contributed by atoms with Crippen molar-refractivity contribution in [2.45, 2.75) is 6.54 Å². The highest BCUT2D eigenvalue weighted by atomic mass is 15.4. The highest BCUT2D eigenvalue weighted by molar-refractivity contribution is 6.07. The minimum atomic E-state index is 0.734. The molecule has 0 atom stereocenters. The minimum absolute atomic E-state index is 0.734. The van der Waals surface area contributed by atoms with E-state index in [0.717, 1.165) is 12.2 Å². The Labute approximate surface area is 112 Å². The van der Waals surface area contributed by atoms with Gasteiger partial charge in [-0.2, -0.15) is 0 Å². The number of hydrazine groups is 1. The zero-order valence-corrected chi connectivity index (χ0v) is 10.8. The van der Waals surface area contributed by atoms with E-state index in [1.54, 1.807) is 0 Å². The molecule has 0 aliphatic carbocycles. The smallest absolute Gasteiger partial charge is 0.0751 e. The van der Waals surface area contributed by atoms with Gasteiger partial charge < -0.3 is 9.91 Å². The second kappa shape index (κ2) is 3.62. The van der Waals surface area contributed by atoms with Crippen molar-refractivity contribution in [1.29, 1.82) is 0 Å². The van der Waals surface area contributed by atoms with Crippen molar-refractivity contribution in [3.8, 4) is 0 Å². The summed E-state index contributed by atoms with van der Waals surface area (Å²) in [6.07, 6.45) is 0. The van der Waals surface area contributed by atoms with Gasteiger partial charge in [0.15, 0.2) is 0 Å². The van der Waals surface area contributed by atoms with Gasteiger partial charge in [-0.05, 0) is 11.6 Å². The number of nitrogens with two attached hydrogens (primary N) is 1. The Kier molecular flexibility index (Phi) is 2.03. The Balaban J connectivity index is 2.00. The summed E-state index contributed by atoms with van der Waals surface area (Å²) >= 11 is 0. The minimum Gasteiger partial charge on any atom is -0.340 e. The van der Waals surface area contributed by atoms with Crippen LogP contribution in [0.1, 0.15) is 16.7 Å². The number of rotatable bonds is 0. The van der Waals surface area contributed by atoms with Gasteiger partial charge in [0.1, 0.15) is 0 Å². The van der Waals surface area contributed by atoms with Crippen LogP contribution in [0.15, 0.2) is 48.5 Å². The number of benzene rings is 2. The fourth-order valence-electron chi connectivity index (χ4n) is 2.94. The van der Waals surface area contributed by atoms with E-state index in [9.17, 15) is 0 Å². The van der Waals surface area contributed by atoms with E-state index in [1.807, 2.05) is 11.1 Å². The van der Waals surface area contributed by atoms with Crippen LogP contribution in [0.3, 0.4) is 0 Å². The fraction of sp³-hybridized carbons (Fsp3) is 0.125. The topological polar surface area (TPSA) is 32.3 Å². The van der Waals surface area contributed by atoms with Gasteiger partial charge in [0.05, 0.1) is 23.6 Å². The summed E-state index contributed by atoms with van der Waals surface area (Å²) in [6.45, 7) is 0.734. The molecule has 2 aromatic carbocycles. The molecule has 2 aliphatic rings. The highest BCUT2D eigenvalue weighted by Crippen LogP contribution is 2.50. The normalized spacial score (nSPS) is 16.3. The van der Waals surface area contributed by atoms with Crippen molar-refractivity contribution in [3.63, 3.8) is 0 Å². The van der Waals surface area contributed by atoms with Gasteiger partial charge in [-0.1, -0.05) is 42.5 Å². The largest absolute Gasteiger partial charge is 0.340 e. The van der Waals surface area contributed by atoms with E-state index < -0.39 is 0 Å². The Hall–Kier alpha value is -2.26. The van der Waals surface area contributed by atoms with Gasteiger partial charge in [-0.15, -0.1) is 0 Å². The van der Waals surface area contributed by atoms with Crippen molar-refractivity contribution in [1.82, 2.24) is 4.90 Å². The highest BCUT2D eigenvalue weighted by Gasteiger charge is 2.36. The SMILES string of the molecule is CN1C2=C1c1ccccc1N(N)Cc1ccccc12. The van der Waals surface area contributed by atoms with Gasteiger partial charge >= 0.3 is 0 Å². The van der Waals surface area contributed by atoms with Crippen molar-refractivity contribution in [3.05, 3.63) is 65.2 Å². The Morgan fingerprint density at radius 1 is 0.895 bits per heavy atom. The molecular weight excluding hydrogens is 234 g/mol. The van der Waals surface area contributed by atoms with Crippen molar-refractivity contribution >= 4 is 17.1 Å². The summed E-state index contributed by atoms with van der Waals surface area (Å²) in [5, 5.41) is 1.84. The molecule has 3 nitrogen and oxygen atoms in total. The summed E-state index contributed by atoms with van der Waals surface area (Å²) in [7, 11) is 2.12. The standard InChI is InChI=1S/C16H15N3/c1-18-15-12-7-3-2-6-11(12)10-19(17)14-9-5-4-8-13(14)16(15)18/h2-9H,10,17H2,1H3. The average molecular weight is 249 g/mol. The first-order valence-electron chi connectivity index (χ1n) is 6.45. The molecule has 0 radical (unpaired) electrons. The third-order valence-corrected chi connectivity index (χ3v) is 3.93. The van der Waals surface area contributed by atoms with Crippen LogP contribution in [0.5, 0.6) is 0 Å². The zero-order chi connectivity index (χ0) is 13.0. The molecule has 0 bridgehead atoms. The lowest BCUT2D eigenvalue weighted by Gasteiger charge is -2.22. The van der Waals surface area contributed by atoms with Crippen LogP contribution >= 0.6 is 0 Å². The van der Waals surface area contributed by atoms with Gasteiger partial charge in [0.25, 0.3) is 0 Å². The first-order chi connectivity index (χ1) is 9.27. The number of anilines is 1. The summed E-state index contributed by atoms with van der Waals surface area (Å²) in [6, 6.07) is 16.8. The number of hydrogen-bond donors (Lipinski definition) is 1. The van der Waals surface area contributed by atoms with Crippen molar-refractivity contribution in [2.75, 3.05) is 12.1 Å². The molecule has 2 aromatic rings. The van der Waals surface area contributed by atoms with Crippen molar-refractivity contribution < 1.29 is 0 Å². The molecule has 0 aromatic heterocycles. The molecule has 0 unspecified atom stereocenters. The molecule has 0 saturated heterocycles. The monoisotopic (exact) mass is 249 g/mol. The molecule has 0 spiro atoms. The number of para-hydroxylation sites is 1. The van der Waals surface area contributed by atoms with E-state index in [4.69, 9.17) is 5.84 Å². The first-order valence-corrected chi connectivity index (χ1v) is 6.45. The molecule has 3 heteroatoms. The molecule has 2 aliphatic heterocycles. The van der Waals surface area contributed by atoms with Gasteiger partial charge in [-0.3, -0.25) is 0 Å². The van der Waals surface area contributed by atoms with Crippen LogP contribution in [0.25, 0.3) is 11.4 Å². The Morgan fingerprint density at radius 3 is 2.37 bits per heavy atom. The Bertz CT molecular complexity index is 703. The van der Waals surface area contributed by atoms with Gasteiger partial charge in [0, 0.05) is 18.2 Å². The molecule has 0 fully saturated rings. The van der Waals surface area contributed by atoms with Crippen LogP contribution in [0.2, 0.25) is 0 Å². The third kappa shape index (κ3) is 1.42. The lowest BCUT2D eigenvalue weighted by atomic mass is 10.0. The molecule has 0 saturated carbocycles. The second-order valence-electron chi connectivity index (χ2n) is 5.06. The lowest BCUT2D eigenvalue weighted by molar-refractivity contribution is 0.795. The maximum absolute atomic E-state index is 6.25. The molecule has 4 rings (SSSR count). The molecule has 19 heavy (non-hydrogen) atoms. The van der Waals surface area contributed by atoms with Crippen LogP contribution in [-0.4, -0.2) is 11.9 Å². The fourth-order valence-corrected chi connectivity index (χ4v) is 2.94. The van der Waals surface area contributed by atoms with E-state index in [2.05, 4.69) is 54.4 Å². The summed E-state index contributed by atoms with van der Waals surface area (Å²) in [5.41, 5.74) is 7.50. The maximum Gasteiger partial charge on any atom is 0.0751 e. The second-order valence-corrected chi connectivity index (χ2v) is 5.06. The predicted molar refractivity (Wildman–Crippen MR) is 77.8 cm³/mol. The summed E-state index contributed by atoms with van der Waals surface area (Å²) < 4.78 is 0. The Morgan fingerprint density at radius 2 is 1.53 bits per heavy atom. The lowest BCUT2D eigenvalue weighted by Crippen LogP contribution is -2.31. The summed E-state index contributed by atoms with van der Waals surface area (Å²) in [4.78, 5) is 2.25. The van der Waals surface area contributed by atoms with E-state index >= 15 is 0 Å². The molecule has 2 heterocycles. The van der Waals surface area contributed by atoms with Crippen LogP contribution < -0.4 is 10.9 Å². The maximum atomic E-state index is 6.25. The molecule has 94 valence electrons. The molecule has 0 amide bonds. The predicted octanol–water partition coefficient (Wildman–Crippen LogP) is 2.65. The van der Waals surface area contributed by atoms with Gasteiger partial charge in [-0.25, -0.2) is 5.84 Å². The molecular formula is C16H15N3. The van der Waals surface area contributed by atoms with Crippen LogP contribution in [-0.2, 0) is 6.54 Å². The summed E-state index contributed by atoms with van der Waals surface area (Å²) in [5.74, 6) is 6.25. The van der Waals surface area contributed by atoms with Gasteiger partial charge in [0.2, 0.25) is 0 Å². The first kappa shape index (κ1) is 10.6. The quantitative estimate of drug-likeness (QED) is 0.728. The van der Waals surface area contributed by atoms with E-state index in [1.165, 1.54) is 28.1 Å². The number of nitrogens with zero attached hydrogens (tertiary/aromatic N) is 2. The van der Waals surface area contributed by atoms with E-state index in [0.29, 0.717) is 0 Å². The van der Waals surface area contributed by atoms with Crippen molar-refractivity contribution in [2.24, 2.45) is 5.84 Å². The molecule has 2 N–H and O–H groups in total.